The Morgan fingerprint density at radius 1 is 1.30 bits per heavy atom. The van der Waals surface area contributed by atoms with Crippen LogP contribution in [0.25, 0.3) is 11.1 Å². The monoisotopic (exact) mass is 366 g/mol. The number of pyridine rings is 1. The molecule has 144 valence electrons. The van der Waals surface area contributed by atoms with Crippen LogP contribution in [0.3, 0.4) is 0 Å². The van der Waals surface area contributed by atoms with Gasteiger partial charge >= 0.3 is 0 Å². The highest BCUT2D eigenvalue weighted by Gasteiger charge is 2.20. The molecule has 0 bridgehead atoms. The molecule has 0 spiro atoms. The third-order valence-electron chi connectivity index (χ3n) is 5.03. The van der Waals surface area contributed by atoms with Crippen molar-refractivity contribution in [3.8, 4) is 11.1 Å². The second kappa shape index (κ2) is 9.11. The van der Waals surface area contributed by atoms with Crippen molar-refractivity contribution < 1.29 is 4.79 Å². The van der Waals surface area contributed by atoms with Gasteiger partial charge in [-0.1, -0.05) is 24.3 Å². The van der Waals surface area contributed by atoms with Crippen LogP contribution in [0.15, 0.2) is 42.6 Å². The molecule has 1 aliphatic rings. The van der Waals surface area contributed by atoms with Crippen LogP contribution in [0.1, 0.15) is 28.9 Å². The Morgan fingerprint density at radius 2 is 2.15 bits per heavy atom. The molecule has 1 N–H and O–H groups in total. The molecule has 1 fully saturated rings. The quantitative estimate of drug-likeness (QED) is 0.854. The minimum absolute atomic E-state index is 0.0863. The fourth-order valence-electron chi connectivity index (χ4n) is 3.78. The molecule has 5 heteroatoms. The highest BCUT2D eigenvalue weighted by Crippen LogP contribution is 2.24. The van der Waals surface area contributed by atoms with Gasteiger partial charge in [-0.2, -0.15) is 0 Å². The van der Waals surface area contributed by atoms with Gasteiger partial charge in [0.1, 0.15) is 5.69 Å². The number of rotatable bonds is 6. The lowest BCUT2D eigenvalue weighted by Crippen LogP contribution is -2.39. The molecule has 2 heterocycles. The standard InChI is InChI=1S/C22H30N4O/c1-25(2)15-17-7-4-9-19(13-17)20-10-5-11-23-21(20)22(27)24-14-18-8-6-12-26(3)16-18/h4-5,7,9-11,13,18H,6,8,12,14-16H2,1-3H3,(H,24,27)/t18-/m0/s1. The molecular formula is C22H30N4O. The number of likely N-dealkylation sites (tertiary alicyclic amines) is 1. The van der Waals surface area contributed by atoms with Gasteiger partial charge in [-0.15, -0.1) is 0 Å². The lowest BCUT2D eigenvalue weighted by molar-refractivity contribution is 0.0932. The molecule has 5 nitrogen and oxygen atoms in total. The molecule has 0 unspecified atom stereocenters. The van der Waals surface area contributed by atoms with E-state index in [1.807, 2.05) is 24.3 Å². The van der Waals surface area contributed by atoms with Crippen molar-refractivity contribution in [3.05, 3.63) is 53.9 Å². The van der Waals surface area contributed by atoms with Crippen molar-refractivity contribution in [3.63, 3.8) is 0 Å². The molecule has 27 heavy (non-hydrogen) atoms. The number of hydrogen-bond donors (Lipinski definition) is 1. The summed E-state index contributed by atoms with van der Waals surface area (Å²) in [7, 11) is 6.25. The van der Waals surface area contributed by atoms with Gasteiger partial charge in [-0.25, -0.2) is 0 Å². The Labute approximate surface area is 162 Å². The second-order valence-electron chi connectivity index (χ2n) is 7.82. The number of piperidine rings is 1. The molecule has 1 aromatic heterocycles. The van der Waals surface area contributed by atoms with Crippen molar-refractivity contribution in [1.82, 2.24) is 20.1 Å². The van der Waals surface area contributed by atoms with E-state index >= 15 is 0 Å². The number of benzene rings is 1. The number of carbonyl (C=O) groups is 1. The summed E-state index contributed by atoms with van der Waals surface area (Å²) in [6.07, 6.45) is 4.06. The van der Waals surface area contributed by atoms with Crippen molar-refractivity contribution >= 4 is 5.91 Å². The molecule has 3 rings (SSSR count). The van der Waals surface area contributed by atoms with Crippen LogP contribution in [-0.4, -0.2) is 61.5 Å². The summed E-state index contributed by atoms with van der Waals surface area (Å²) in [5.74, 6) is 0.431. The second-order valence-corrected chi connectivity index (χ2v) is 7.82. The van der Waals surface area contributed by atoms with Crippen LogP contribution in [0, 0.1) is 5.92 Å². The number of amides is 1. The predicted molar refractivity (Wildman–Crippen MR) is 110 cm³/mol. The molecule has 1 aliphatic heterocycles. The Kier molecular flexibility index (Phi) is 6.58. The van der Waals surface area contributed by atoms with Gasteiger partial charge < -0.3 is 15.1 Å². The molecule has 1 amide bonds. The summed E-state index contributed by atoms with van der Waals surface area (Å²) in [6.45, 7) is 3.77. The summed E-state index contributed by atoms with van der Waals surface area (Å²) >= 11 is 0. The molecule has 0 saturated carbocycles. The van der Waals surface area contributed by atoms with Gasteiger partial charge in [0.2, 0.25) is 0 Å². The zero-order valence-corrected chi connectivity index (χ0v) is 16.6. The van der Waals surface area contributed by atoms with Crippen LogP contribution in [0.4, 0.5) is 0 Å². The largest absolute Gasteiger partial charge is 0.350 e. The van der Waals surface area contributed by atoms with E-state index in [-0.39, 0.29) is 5.91 Å². The number of nitrogens with one attached hydrogen (secondary N) is 1. The normalized spacial score (nSPS) is 17.9. The maximum Gasteiger partial charge on any atom is 0.270 e. The average Bonchev–Trinajstić information content (AvgIpc) is 2.66. The number of carbonyl (C=O) groups excluding carboxylic acids is 1. The smallest absolute Gasteiger partial charge is 0.270 e. The van der Waals surface area contributed by atoms with Gasteiger partial charge in [0.15, 0.2) is 0 Å². The third kappa shape index (κ3) is 5.37. The Hall–Kier alpha value is -2.24. The van der Waals surface area contributed by atoms with E-state index in [1.165, 1.54) is 18.4 Å². The first-order valence-electron chi connectivity index (χ1n) is 9.68. The maximum atomic E-state index is 12.8. The van der Waals surface area contributed by atoms with E-state index < -0.39 is 0 Å². The fraction of sp³-hybridized carbons (Fsp3) is 0.455. The average molecular weight is 367 g/mol. The van der Waals surface area contributed by atoms with Crippen LogP contribution < -0.4 is 5.32 Å². The zero-order valence-electron chi connectivity index (χ0n) is 16.6. The minimum Gasteiger partial charge on any atom is -0.350 e. The van der Waals surface area contributed by atoms with Crippen molar-refractivity contribution in [1.29, 1.82) is 0 Å². The predicted octanol–water partition coefficient (Wildman–Crippen LogP) is 2.88. The van der Waals surface area contributed by atoms with Gasteiger partial charge in [-0.05, 0) is 69.7 Å². The van der Waals surface area contributed by atoms with E-state index in [9.17, 15) is 4.79 Å². The van der Waals surface area contributed by atoms with Gasteiger partial charge in [0, 0.05) is 31.4 Å². The number of hydrogen-bond acceptors (Lipinski definition) is 4. The summed E-state index contributed by atoms with van der Waals surface area (Å²) in [6, 6.07) is 12.2. The first kappa shape index (κ1) is 19.5. The van der Waals surface area contributed by atoms with Gasteiger partial charge in [0.25, 0.3) is 5.91 Å². The first-order valence-corrected chi connectivity index (χ1v) is 9.68. The zero-order chi connectivity index (χ0) is 19.2. The van der Waals surface area contributed by atoms with E-state index in [2.05, 4.69) is 53.4 Å². The molecule has 0 radical (unpaired) electrons. The van der Waals surface area contributed by atoms with Crippen LogP contribution in [0.5, 0.6) is 0 Å². The number of nitrogens with zero attached hydrogens (tertiary/aromatic N) is 3. The van der Waals surface area contributed by atoms with Crippen molar-refractivity contribution in [2.75, 3.05) is 40.8 Å². The summed E-state index contributed by atoms with van der Waals surface area (Å²) in [5, 5.41) is 3.11. The van der Waals surface area contributed by atoms with E-state index in [4.69, 9.17) is 0 Å². The fourth-order valence-corrected chi connectivity index (χ4v) is 3.78. The summed E-state index contributed by atoms with van der Waals surface area (Å²) in [4.78, 5) is 21.7. The molecule has 1 aromatic carbocycles. The van der Waals surface area contributed by atoms with Gasteiger partial charge in [-0.3, -0.25) is 9.78 Å². The Balaban J connectivity index is 1.74. The first-order chi connectivity index (χ1) is 13.0. The summed E-state index contributed by atoms with van der Waals surface area (Å²) in [5.41, 5.74) is 3.64. The van der Waals surface area contributed by atoms with Crippen molar-refractivity contribution in [2.24, 2.45) is 5.92 Å². The molecular weight excluding hydrogens is 336 g/mol. The Bertz CT molecular complexity index is 774. The van der Waals surface area contributed by atoms with Crippen LogP contribution in [0.2, 0.25) is 0 Å². The molecule has 2 aromatic rings. The lowest BCUT2D eigenvalue weighted by atomic mass is 9.98. The molecule has 1 atom stereocenters. The van der Waals surface area contributed by atoms with Crippen LogP contribution in [-0.2, 0) is 6.54 Å². The van der Waals surface area contributed by atoms with E-state index in [0.717, 1.165) is 30.8 Å². The molecule has 0 aliphatic carbocycles. The topological polar surface area (TPSA) is 48.5 Å². The Morgan fingerprint density at radius 3 is 2.93 bits per heavy atom. The maximum absolute atomic E-state index is 12.8. The third-order valence-corrected chi connectivity index (χ3v) is 5.03. The SMILES string of the molecule is CN(C)Cc1cccc(-c2cccnc2C(=O)NC[C@@H]2CCCN(C)C2)c1. The van der Waals surface area contributed by atoms with Crippen molar-refractivity contribution in [2.45, 2.75) is 19.4 Å². The van der Waals surface area contributed by atoms with Gasteiger partial charge in [0.05, 0.1) is 0 Å². The lowest BCUT2D eigenvalue weighted by Gasteiger charge is -2.29. The van der Waals surface area contributed by atoms with Crippen LogP contribution >= 0.6 is 0 Å². The highest BCUT2D eigenvalue weighted by atomic mass is 16.1. The van der Waals surface area contributed by atoms with E-state index in [1.54, 1.807) is 6.20 Å². The highest BCUT2D eigenvalue weighted by molar-refractivity contribution is 5.98. The van der Waals surface area contributed by atoms with E-state index in [0.29, 0.717) is 18.2 Å². The summed E-state index contributed by atoms with van der Waals surface area (Å²) < 4.78 is 0. The minimum atomic E-state index is -0.0863. The number of aromatic nitrogens is 1. The molecule has 1 saturated heterocycles.